The lowest BCUT2D eigenvalue weighted by Crippen LogP contribution is -2.37. The number of hydrogen-bond donors (Lipinski definition) is 1. The molecular formula is C10H20N2OS. The van der Waals surface area contributed by atoms with Crippen molar-refractivity contribution in [1.29, 1.82) is 0 Å². The zero-order valence-electron chi connectivity index (χ0n) is 9.25. The number of likely N-dealkylation sites (N-methyl/N-ethyl adjacent to an activating group) is 1. The van der Waals surface area contributed by atoms with Gasteiger partial charge < -0.3 is 10.2 Å². The first-order valence-corrected chi connectivity index (χ1v) is 6.38. The molecule has 14 heavy (non-hydrogen) atoms. The number of rotatable bonds is 4. The van der Waals surface area contributed by atoms with Gasteiger partial charge in [0.1, 0.15) is 0 Å². The number of amides is 1. The average molecular weight is 216 g/mol. The molecule has 82 valence electrons. The normalized spacial score (nSPS) is 26.5. The summed E-state index contributed by atoms with van der Waals surface area (Å²) in [6.07, 6.45) is 5.88. The van der Waals surface area contributed by atoms with Crippen LogP contribution in [0.1, 0.15) is 19.3 Å². The quantitative estimate of drug-likeness (QED) is 0.759. The van der Waals surface area contributed by atoms with E-state index in [9.17, 15) is 4.79 Å². The smallest absolute Gasteiger partial charge is 0.236 e. The first kappa shape index (κ1) is 11.9. The molecule has 0 heterocycles. The summed E-state index contributed by atoms with van der Waals surface area (Å²) >= 11 is 1.94. The molecule has 0 aromatic rings. The lowest BCUT2D eigenvalue weighted by molar-refractivity contribution is -0.127. The van der Waals surface area contributed by atoms with Crippen molar-refractivity contribution in [2.75, 3.05) is 26.9 Å². The fraction of sp³-hybridized carbons (Fsp3) is 0.900. The van der Waals surface area contributed by atoms with Gasteiger partial charge in [0.25, 0.3) is 0 Å². The van der Waals surface area contributed by atoms with Crippen LogP contribution in [0.3, 0.4) is 0 Å². The monoisotopic (exact) mass is 216 g/mol. The lowest BCUT2D eigenvalue weighted by Gasteiger charge is -2.15. The highest BCUT2D eigenvalue weighted by Crippen LogP contribution is 2.27. The van der Waals surface area contributed by atoms with Gasteiger partial charge in [-0.2, -0.15) is 11.8 Å². The number of nitrogens with one attached hydrogen (secondary N) is 1. The van der Waals surface area contributed by atoms with Crippen LogP contribution in [0.5, 0.6) is 0 Å². The largest absolute Gasteiger partial charge is 0.348 e. The molecule has 2 atom stereocenters. The Kier molecular flexibility index (Phi) is 4.75. The molecule has 0 spiro atoms. The third-order valence-electron chi connectivity index (χ3n) is 2.76. The molecule has 1 saturated carbocycles. The highest BCUT2D eigenvalue weighted by atomic mass is 32.2. The van der Waals surface area contributed by atoms with E-state index in [1.165, 1.54) is 19.3 Å². The van der Waals surface area contributed by atoms with Crippen molar-refractivity contribution in [3.8, 4) is 0 Å². The molecule has 1 N–H and O–H groups in total. The van der Waals surface area contributed by atoms with E-state index in [1.54, 1.807) is 19.0 Å². The summed E-state index contributed by atoms with van der Waals surface area (Å²) in [4.78, 5) is 12.9. The molecule has 4 heteroatoms. The minimum absolute atomic E-state index is 0.164. The van der Waals surface area contributed by atoms with Crippen LogP contribution in [0.4, 0.5) is 0 Å². The fourth-order valence-corrected chi connectivity index (χ4v) is 2.53. The Hall–Kier alpha value is -0.220. The van der Waals surface area contributed by atoms with Crippen LogP contribution < -0.4 is 5.32 Å². The standard InChI is InChI=1S/C10H20N2OS/c1-12(2)10(13)7-11-8-4-5-9(6-8)14-3/h8-9,11H,4-7H2,1-3H3. The van der Waals surface area contributed by atoms with Crippen LogP contribution in [0, 0.1) is 0 Å². The third kappa shape index (κ3) is 3.50. The summed E-state index contributed by atoms with van der Waals surface area (Å²) in [5.74, 6) is 0.164. The van der Waals surface area contributed by atoms with E-state index in [2.05, 4.69) is 11.6 Å². The Morgan fingerprint density at radius 2 is 2.21 bits per heavy atom. The van der Waals surface area contributed by atoms with Gasteiger partial charge in [-0.25, -0.2) is 0 Å². The summed E-state index contributed by atoms with van der Waals surface area (Å²) in [6.45, 7) is 0.485. The minimum Gasteiger partial charge on any atom is -0.348 e. The SMILES string of the molecule is CSC1CCC(NCC(=O)N(C)C)C1. The van der Waals surface area contributed by atoms with E-state index >= 15 is 0 Å². The van der Waals surface area contributed by atoms with Crippen LogP contribution in [0.15, 0.2) is 0 Å². The van der Waals surface area contributed by atoms with Crippen LogP contribution >= 0.6 is 11.8 Å². The van der Waals surface area contributed by atoms with Crippen LogP contribution in [0.2, 0.25) is 0 Å². The van der Waals surface area contributed by atoms with Gasteiger partial charge in [0.15, 0.2) is 0 Å². The molecule has 0 aromatic carbocycles. The Morgan fingerprint density at radius 1 is 1.50 bits per heavy atom. The molecule has 1 rings (SSSR count). The molecule has 0 saturated heterocycles. The molecule has 3 nitrogen and oxygen atoms in total. The van der Waals surface area contributed by atoms with Gasteiger partial charge >= 0.3 is 0 Å². The molecular weight excluding hydrogens is 196 g/mol. The number of carbonyl (C=O) groups is 1. The number of nitrogens with zero attached hydrogens (tertiary/aromatic N) is 1. The zero-order chi connectivity index (χ0) is 10.6. The Balaban J connectivity index is 2.17. The number of thioether (sulfide) groups is 1. The van der Waals surface area contributed by atoms with Crippen LogP contribution in [-0.4, -0.2) is 49.0 Å². The summed E-state index contributed by atoms with van der Waals surface area (Å²) < 4.78 is 0. The lowest BCUT2D eigenvalue weighted by atomic mass is 10.2. The number of hydrogen-bond acceptors (Lipinski definition) is 3. The third-order valence-corrected chi connectivity index (χ3v) is 3.85. The first-order valence-electron chi connectivity index (χ1n) is 5.09. The van der Waals surface area contributed by atoms with Crippen molar-refractivity contribution >= 4 is 17.7 Å². The van der Waals surface area contributed by atoms with Gasteiger partial charge in [-0.15, -0.1) is 0 Å². The summed E-state index contributed by atoms with van der Waals surface area (Å²) in [7, 11) is 3.59. The second-order valence-electron chi connectivity index (χ2n) is 4.04. The summed E-state index contributed by atoms with van der Waals surface area (Å²) in [5, 5.41) is 4.12. The molecule has 2 unspecified atom stereocenters. The van der Waals surface area contributed by atoms with Gasteiger partial charge in [0, 0.05) is 25.4 Å². The van der Waals surface area contributed by atoms with E-state index < -0.39 is 0 Å². The fourth-order valence-electron chi connectivity index (χ4n) is 1.73. The van der Waals surface area contributed by atoms with Gasteiger partial charge in [0.2, 0.25) is 5.91 Å². The molecule has 0 radical (unpaired) electrons. The second kappa shape index (κ2) is 5.61. The maximum absolute atomic E-state index is 11.3. The van der Waals surface area contributed by atoms with Crippen molar-refractivity contribution in [3.05, 3.63) is 0 Å². The van der Waals surface area contributed by atoms with Crippen LogP contribution in [-0.2, 0) is 4.79 Å². The van der Waals surface area contributed by atoms with Gasteiger partial charge in [-0.3, -0.25) is 4.79 Å². The Labute approximate surface area is 90.6 Å². The van der Waals surface area contributed by atoms with Gasteiger partial charge in [-0.1, -0.05) is 0 Å². The van der Waals surface area contributed by atoms with Crippen molar-refractivity contribution < 1.29 is 4.79 Å². The van der Waals surface area contributed by atoms with Crippen molar-refractivity contribution in [2.45, 2.75) is 30.6 Å². The molecule has 1 fully saturated rings. The number of carbonyl (C=O) groups excluding carboxylic acids is 1. The van der Waals surface area contributed by atoms with E-state index in [-0.39, 0.29) is 5.91 Å². The van der Waals surface area contributed by atoms with Crippen molar-refractivity contribution in [1.82, 2.24) is 10.2 Å². The predicted molar refractivity (Wildman–Crippen MR) is 61.6 cm³/mol. The van der Waals surface area contributed by atoms with Gasteiger partial charge in [-0.05, 0) is 25.5 Å². The van der Waals surface area contributed by atoms with E-state index in [4.69, 9.17) is 0 Å². The van der Waals surface area contributed by atoms with E-state index in [0.29, 0.717) is 12.6 Å². The predicted octanol–water partition coefficient (Wildman–Crippen LogP) is 0.948. The topological polar surface area (TPSA) is 32.3 Å². The van der Waals surface area contributed by atoms with E-state index in [0.717, 1.165) is 5.25 Å². The highest BCUT2D eigenvalue weighted by molar-refractivity contribution is 7.99. The summed E-state index contributed by atoms with van der Waals surface area (Å²) in [5.41, 5.74) is 0. The molecule has 0 aliphatic heterocycles. The second-order valence-corrected chi connectivity index (χ2v) is 5.17. The van der Waals surface area contributed by atoms with Crippen LogP contribution in [0.25, 0.3) is 0 Å². The average Bonchev–Trinajstić information content (AvgIpc) is 2.61. The zero-order valence-corrected chi connectivity index (χ0v) is 10.1. The molecule has 0 aromatic heterocycles. The summed E-state index contributed by atoms with van der Waals surface area (Å²) in [6, 6.07) is 0.552. The first-order chi connectivity index (χ1) is 6.63. The maximum atomic E-state index is 11.3. The molecule has 1 aliphatic carbocycles. The Bertz CT molecular complexity index is 197. The van der Waals surface area contributed by atoms with Crippen molar-refractivity contribution in [3.63, 3.8) is 0 Å². The Morgan fingerprint density at radius 3 is 2.71 bits per heavy atom. The van der Waals surface area contributed by atoms with Crippen molar-refractivity contribution in [2.24, 2.45) is 0 Å². The van der Waals surface area contributed by atoms with E-state index in [1.807, 2.05) is 11.8 Å². The van der Waals surface area contributed by atoms with Gasteiger partial charge in [0.05, 0.1) is 6.54 Å². The molecule has 1 aliphatic rings. The maximum Gasteiger partial charge on any atom is 0.236 e. The highest BCUT2D eigenvalue weighted by Gasteiger charge is 2.23. The minimum atomic E-state index is 0.164. The molecule has 0 bridgehead atoms. The molecule has 1 amide bonds.